The Morgan fingerprint density at radius 2 is 1.69 bits per heavy atom. The SMILES string of the molecule is COc1cc(C)c(S(=O)(=O)NCC(=O)NCc2ccc(C)cc2)cc1C. The molecular formula is C19H24N2O4S. The molecule has 0 spiro atoms. The maximum absolute atomic E-state index is 12.5. The first-order valence-corrected chi connectivity index (χ1v) is 9.68. The standard InChI is InChI=1S/C19H24N2O4S/c1-13-5-7-16(8-6-13)11-20-19(22)12-21-26(23,24)18-10-14(2)17(25-4)9-15(18)3/h5-10,21H,11-12H2,1-4H3,(H,20,22). The number of hydrogen-bond acceptors (Lipinski definition) is 4. The summed E-state index contributed by atoms with van der Waals surface area (Å²) >= 11 is 0. The van der Waals surface area contributed by atoms with Crippen molar-refractivity contribution in [2.45, 2.75) is 32.2 Å². The van der Waals surface area contributed by atoms with Gasteiger partial charge in [0.05, 0.1) is 18.6 Å². The molecule has 0 atom stereocenters. The van der Waals surface area contributed by atoms with Crippen molar-refractivity contribution in [2.75, 3.05) is 13.7 Å². The minimum absolute atomic E-state index is 0.141. The molecule has 0 saturated heterocycles. The summed E-state index contributed by atoms with van der Waals surface area (Å²) in [6.07, 6.45) is 0. The zero-order valence-electron chi connectivity index (χ0n) is 15.4. The van der Waals surface area contributed by atoms with Gasteiger partial charge >= 0.3 is 0 Å². The molecule has 2 aromatic rings. The molecule has 0 aliphatic heterocycles. The van der Waals surface area contributed by atoms with Gasteiger partial charge < -0.3 is 10.1 Å². The van der Waals surface area contributed by atoms with Crippen molar-refractivity contribution in [2.24, 2.45) is 0 Å². The summed E-state index contributed by atoms with van der Waals surface area (Å²) in [7, 11) is -2.25. The van der Waals surface area contributed by atoms with E-state index in [1.165, 1.54) is 7.11 Å². The molecule has 1 amide bonds. The monoisotopic (exact) mass is 376 g/mol. The van der Waals surface area contributed by atoms with E-state index < -0.39 is 15.9 Å². The van der Waals surface area contributed by atoms with Gasteiger partial charge in [-0.3, -0.25) is 4.79 Å². The third-order valence-electron chi connectivity index (χ3n) is 4.01. The number of nitrogens with one attached hydrogen (secondary N) is 2. The lowest BCUT2D eigenvalue weighted by Gasteiger charge is -2.13. The topological polar surface area (TPSA) is 84.5 Å². The molecule has 0 aliphatic carbocycles. The Balaban J connectivity index is 1.98. The van der Waals surface area contributed by atoms with Gasteiger partial charge in [0.25, 0.3) is 0 Å². The van der Waals surface area contributed by atoms with Crippen LogP contribution in [0.5, 0.6) is 5.75 Å². The van der Waals surface area contributed by atoms with E-state index in [4.69, 9.17) is 4.74 Å². The Labute approximate surface area is 154 Å². The third-order valence-corrected chi connectivity index (χ3v) is 5.56. The van der Waals surface area contributed by atoms with E-state index in [2.05, 4.69) is 10.0 Å². The lowest BCUT2D eigenvalue weighted by Crippen LogP contribution is -2.36. The second-order valence-corrected chi connectivity index (χ2v) is 7.91. The zero-order valence-corrected chi connectivity index (χ0v) is 16.2. The molecule has 0 aliphatic rings. The molecular weight excluding hydrogens is 352 g/mol. The summed E-state index contributed by atoms with van der Waals surface area (Å²) in [5.74, 6) is 0.231. The van der Waals surface area contributed by atoms with Crippen LogP contribution < -0.4 is 14.8 Å². The highest BCUT2D eigenvalue weighted by atomic mass is 32.2. The number of rotatable bonds is 7. The number of sulfonamides is 1. The summed E-state index contributed by atoms with van der Waals surface area (Å²) in [4.78, 5) is 12.1. The van der Waals surface area contributed by atoms with Gasteiger partial charge in [-0.25, -0.2) is 13.1 Å². The Kier molecular flexibility index (Phi) is 6.39. The number of aryl methyl sites for hydroxylation is 3. The van der Waals surface area contributed by atoms with Crippen LogP contribution in [0.2, 0.25) is 0 Å². The first kappa shape index (κ1) is 19.9. The highest BCUT2D eigenvalue weighted by Gasteiger charge is 2.19. The van der Waals surface area contributed by atoms with Crippen molar-refractivity contribution < 1.29 is 17.9 Å². The molecule has 0 unspecified atom stereocenters. The first-order valence-electron chi connectivity index (χ1n) is 8.20. The first-order chi connectivity index (χ1) is 12.2. The van der Waals surface area contributed by atoms with Crippen LogP contribution >= 0.6 is 0 Å². The van der Waals surface area contributed by atoms with E-state index >= 15 is 0 Å². The molecule has 26 heavy (non-hydrogen) atoms. The molecule has 0 bridgehead atoms. The minimum Gasteiger partial charge on any atom is -0.496 e. The van der Waals surface area contributed by atoms with Crippen LogP contribution in [0, 0.1) is 20.8 Å². The van der Waals surface area contributed by atoms with Crippen LogP contribution in [0.15, 0.2) is 41.3 Å². The fraction of sp³-hybridized carbons (Fsp3) is 0.316. The molecule has 0 saturated carbocycles. The van der Waals surface area contributed by atoms with Crippen LogP contribution in [0.3, 0.4) is 0 Å². The van der Waals surface area contributed by atoms with Crippen molar-refractivity contribution in [3.05, 3.63) is 58.7 Å². The summed E-state index contributed by atoms with van der Waals surface area (Å²) in [6, 6.07) is 11.0. The van der Waals surface area contributed by atoms with Crippen LogP contribution in [0.1, 0.15) is 22.3 Å². The lowest BCUT2D eigenvalue weighted by atomic mass is 10.1. The lowest BCUT2D eigenvalue weighted by molar-refractivity contribution is -0.120. The minimum atomic E-state index is -3.79. The highest BCUT2D eigenvalue weighted by molar-refractivity contribution is 7.89. The van der Waals surface area contributed by atoms with Crippen molar-refractivity contribution in [1.29, 1.82) is 0 Å². The van der Waals surface area contributed by atoms with E-state index in [1.807, 2.05) is 31.2 Å². The maximum atomic E-state index is 12.5. The van der Waals surface area contributed by atoms with Crippen LogP contribution in [0.4, 0.5) is 0 Å². The largest absolute Gasteiger partial charge is 0.496 e. The van der Waals surface area contributed by atoms with E-state index in [0.29, 0.717) is 23.4 Å². The molecule has 0 heterocycles. The van der Waals surface area contributed by atoms with Crippen molar-refractivity contribution in [3.8, 4) is 5.75 Å². The molecule has 6 nitrogen and oxygen atoms in total. The van der Waals surface area contributed by atoms with Crippen molar-refractivity contribution in [3.63, 3.8) is 0 Å². The van der Waals surface area contributed by atoms with Gasteiger partial charge in [0, 0.05) is 6.54 Å². The number of hydrogen-bond donors (Lipinski definition) is 2. The number of carbonyl (C=O) groups excluding carboxylic acids is 1. The fourth-order valence-electron chi connectivity index (χ4n) is 2.48. The normalized spacial score (nSPS) is 11.2. The van der Waals surface area contributed by atoms with Gasteiger partial charge in [0.1, 0.15) is 5.75 Å². The van der Waals surface area contributed by atoms with Gasteiger partial charge in [0.2, 0.25) is 15.9 Å². The van der Waals surface area contributed by atoms with Gasteiger partial charge in [-0.2, -0.15) is 0 Å². The molecule has 7 heteroatoms. The van der Waals surface area contributed by atoms with Crippen molar-refractivity contribution >= 4 is 15.9 Å². The second-order valence-electron chi connectivity index (χ2n) is 6.17. The number of benzene rings is 2. The summed E-state index contributed by atoms with van der Waals surface area (Å²) in [5.41, 5.74) is 3.36. The van der Waals surface area contributed by atoms with Gasteiger partial charge in [-0.05, 0) is 49.6 Å². The Bertz CT molecular complexity index is 891. The summed E-state index contributed by atoms with van der Waals surface area (Å²) in [5, 5.41) is 2.70. The van der Waals surface area contributed by atoms with E-state index in [9.17, 15) is 13.2 Å². The highest BCUT2D eigenvalue weighted by Crippen LogP contribution is 2.25. The van der Waals surface area contributed by atoms with Crippen LogP contribution in [-0.4, -0.2) is 28.0 Å². The Hall–Kier alpha value is -2.38. The van der Waals surface area contributed by atoms with E-state index in [-0.39, 0.29) is 11.4 Å². The second kappa shape index (κ2) is 8.33. The molecule has 0 radical (unpaired) electrons. The number of ether oxygens (including phenoxy) is 1. The Morgan fingerprint density at radius 3 is 2.31 bits per heavy atom. The van der Waals surface area contributed by atoms with Gasteiger partial charge in [-0.1, -0.05) is 29.8 Å². The van der Waals surface area contributed by atoms with Crippen LogP contribution in [0.25, 0.3) is 0 Å². The van der Waals surface area contributed by atoms with Gasteiger partial charge in [0.15, 0.2) is 0 Å². The molecule has 0 aromatic heterocycles. The predicted molar refractivity (Wildman–Crippen MR) is 101 cm³/mol. The van der Waals surface area contributed by atoms with E-state index in [1.54, 1.807) is 26.0 Å². The predicted octanol–water partition coefficient (Wildman–Crippen LogP) is 2.22. The third kappa shape index (κ3) is 5.06. The fourth-order valence-corrected chi connectivity index (χ4v) is 3.77. The van der Waals surface area contributed by atoms with E-state index in [0.717, 1.165) is 11.1 Å². The number of methoxy groups -OCH3 is 1. The molecule has 2 rings (SSSR count). The maximum Gasteiger partial charge on any atom is 0.241 e. The Morgan fingerprint density at radius 1 is 1.04 bits per heavy atom. The average molecular weight is 376 g/mol. The van der Waals surface area contributed by atoms with Crippen molar-refractivity contribution in [1.82, 2.24) is 10.0 Å². The zero-order chi connectivity index (χ0) is 19.3. The smallest absolute Gasteiger partial charge is 0.241 e. The molecule has 0 fully saturated rings. The quantitative estimate of drug-likeness (QED) is 0.776. The summed E-state index contributed by atoms with van der Waals surface area (Å²) < 4.78 is 32.5. The number of amides is 1. The molecule has 2 aromatic carbocycles. The number of carbonyl (C=O) groups is 1. The summed E-state index contributed by atoms with van der Waals surface area (Å²) in [6.45, 7) is 5.47. The van der Waals surface area contributed by atoms with Crippen LogP contribution in [-0.2, 0) is 21.4 Å². The molecule has 2 N–H and O–H groups in total. The average Bonchev–Trinajstić information content (AvgIpc) is 2.61. The van der Waals surface area contributed by atoms with Gasteiger partial charge in [-0.15, -0.1) is 0 Å². The molecule has 140 valence electrons.